The number of phenolic OH excluding ortho intramolecular Hbond substituents is 1. The molecule has 0 amide bonds. The Balaban J connectivity index is 2.18. The van der Waals surface area contributed by atoms with Crippen molar-refractivity contribution in [3.8, 4) is 5.75 Å². The first kappa shape index (κ1) is 10.8. The summed E-state index contributed by atoms with van der Waals surface area (Å²) in [5.41, 5.74) is 1.20. The second-order valence-corrected chi connectivity index (χ2v) is 3.27. The highest BCUT2D eigenvalue weighted by Gasteiger charge is 1.92. The highest BCUT2D eigenvalue weighted by atomic mass is 16.3. The van der Waals surface area contributed by atoms with Gasteiger partial charge in [0.15, 0.2) is 0 Å². The van der Waals surface area contributed by atoms with Crippen LogP contribution < -0.4 is 5.32 Å². The Morgan fingerprint density at radius 3 is 2.64 bits per heavy atom. The van der Waals surface area contributed by atoms with Gasteiger partial charge in [-0.25, -0.2) is 0 Å². The van der Waals surface area contributed by atoms with Gasteiger partial charge in [-0.05, 0) is 37.1 Å². The van der Waals surface area contributed by atoms with Gasteiger partial charge in [-0.15, -0.1) is 6.58 Å². The fourth-order valence-corrected chi connectivity index (χ4v) is 1.22. The molecule has 0 radical (unpaired) electrons. The maximum atomic E-state index is 9.07. The van der Waals surface area contributed by atoms with Crippen LogP contribution in [0.1, 0.15) is 18.4 Å². The minimum atomic E-state index is 0.320. The highest BCUT2D eigenvalue weighted by molar-refractivity contribution is 5.25. The summed E-state index contributed by atoms with van der Waals surface area (Å²) in [6.45, 7) is 5.54. The van der Waals surface area contributed by atoms with Crippen molar-refractivity contribution in [2.24, 2.45) is 0 Å². The summed E-state index contributed by atoms with van der Waals surface area (Å²) in [5, 5.41) is 12.4. The van der Waals surface area contributed by atoms with Gasteiger partial charge in [0.05, 0.1) is 0 Å². The molecule has 2 N–H and O–H groups in total. The van der Waals surface area contributed by atoms with Crippen molar-refractivity contribution < 1.29 is 5.11 Å². The molecule has 2 nitrogen and oxygen atoms in total. The fraction of sp³-hybridized carbons (Fsp3) is 0.333. The molecule has 0 atom stereocenters. The molecule has 1 aromatic rings. The van der Waals surface area contributed by atoms with E-state index in [0.29, 0.717) is 5.75 Å². The SMILES string of the molecule is C=CCCCNCc1ccc(O)cc1. The Labute approximate surface area is 85.3 Å². The third kappa shape index (κ3) is 4.10. The van der Waals surface area contributed by atoms with Crippen molar-refractivity contribution in [3.63, 3.8) is 0 Å². The van der Waals surface area contributed by atoms with Crippen molar-refractivity contribution in [2.75, 3.05) is 6.54 Å². The normalized spacial score (nSPS) is 10.0. The summed E-state index contributed by atoms with van der Waals surface area (Å²) in [4.78, 5) is 0. The van der Waals surface area contributed by atoms with E-state index in [1.165, 1.54) is 5.56 Å². The molecular formula is C12H17NO. The first-order chi connectivity index (χ1) is 6.83. The molecule has 0 spiro atoms. The van der Waals surface area contributed by atoms with Crippen LogP contribution >= 0.6 is 0 Å². The Hall–Kier alpha value is -1.28. The number of hydrogen-bond acceptors (Lipinski definition) is 2. The zero-order valence-corrected chi connectivity index (χ0v) is 8.37. The molecule has 14 heavy (non-hydrogen) atoms. The molecule has 0 aliphatic rings. The predicted molar refractivity (Wildman–Crippen MR) is 59.2 cm³/mol. The summed E-state index contributed by atoms with van der Waals surface area (Å²) < 4.78 is 0. The van der Waals surface area contributed by atoms with Crippen LogP contribution in [0.25, 0.3) is 0 Å². The minimum Gasteiger partial charge on any atom is -0.508 e. The largest absolute Gasteiger partial charge is 0.508 e. The van der Waals surface area contributed by atoms with Crippen molar-refractivity contribution in [2.45, 2.75) is 19.4 Å². The van der Waals surface area contributed by atoms with Crippen molar-refractivity contribution in [3.05, 3.63) is 42.5 Å². The monoisotopic (exact) mass is 191 g/mol. The fourth-order valence-electron chi connectivity index (χ4n) is 1.22. The lowest BCUT2D eigenvalue weighted by Gasteiger charge is -2.03. The van der Waals surface area contributed by atoms with Crippen LogP contribution in [0, 0.1) is 0 Å². The van der Waals surface area contributed by atoms with E-state index in [1.807, 2.05) is 18.2 Å². The lowest BCUT2D eigenvalue weighted by molar-refractivity contribution is 0.475. The van der Waals surface area contributed by atoms with E-state index in [0.717, 1.165) is 25.9 Å². The van der Waals surface area contributed by atoms with Crippen LogP contribution in [-0.2, 0) is 6.54 Å². The Morgan fingerprint density at radius 2 is 2.00 bits per heavy atom. The van der Waals surface area contributed by atoms with Gasteiger partial charge in [-0.2, -0.15) is 0 Å². The molecule has 1 aromatic carbocycles. The number of nitrogens with one attached hydrogen (secondary N) is 1. The molecule has 0 aliphatic heterocycles. The van der Waals surface area contributed by atoms with Crippen LogP contribution in [0.4, 0.5) is 0 Å². The first-order valence-corrected chi connectivity index (χ1v) is 4.92. The van der Waals surface area contributed by atoms with Crippen LogP contribution in [0.2, 0.25) is 0 Å². The van der Waals surface area contributed by atoms with E-state index in [1.54, 1.807) is 12.1 Å². The summed E-state index contributed by atoms with van der Waals surface area (Å²) in [5.74, 6) is 0.320. The zero-order valence-electron chi connectivity index (χ0n) is 8.37. The quantitative estimate of drug-likeness (QED) is 0.534. The highest BCUT2D eigenvalue weighted by Crippen LogP contribution is 2.08. The maximum absolute atomic E-state index is 9.07. The van der Waals surface area contributed by atoms with Crippen LogP contribution in [0.3, 0.4) is 0 Å². The van der Waals surface area contributed by atoms with E-state index in [2.05, 4.69) is 11.9 Å². The molecular weight excluding hydrogens is 174 g/mol. The Bertz CT molecular complexity index is 266. The smallest absolute Gasteiger partial charge is 0.115 e. The van der Waals surface area contributed by atoms with Crippen LogP contribution in [0.5, 0.6) is 5.75 Å². The van der Waals surface area contributed by atoms with E-state index in [-0.39, 0.29) is 0 Å². The number of rotatable bonds is 6. The third-order valence-corrected chi connectivity index (χ3v) is 2.03. The molecule has 76 valence electrons. The molecule has 0 saturated heterocycles. The molecule has 0 heterocycles. The van der Waals surface area contributed by atoms with Gasteiger partial charge in [0.2, 0.25) is 0 Å². The Morgan fingerprint density at radius 1 is 1.29 bits per heavy atom. The first-order valence-electron chi connectivity index (χ1n) is 4.92. The average Bonchev–Trinajstić information content (AvgIpc) is 2.21. The molecule has 0 aromatic heterocycles. The lowest BCUT2D eigenvalue weighted by atomic mass is 10.2. The van der Waals surface area contributed by atoms with Gasteiger partial charge in [0.25, 0.3) is 0 Å². The number of hydrogen-bond donors (Lipinski definition) is 2. The third-order valence-electron chi connectivity index (χ3n) is 2.03. The minimum absolute atomic E-state index is 0.320. The molecule has 0 saturated carbocycles. The van der Waals surface area contributed by atoms with Crippen LogP contribution in [0.15, 0.2) is 36.9 Å². The number of phenols is 1. The molecule has 2 heteroatoms. The molecule has 0 fully saturated rings. The van der Waals surface area contributed by atoms with E-state index in [9.17, 15) is 0 Å². The summed E-state index contributed by atoms with van der Waals surface area (Å²) >= 11 is 0. The number of allylic oxidation sites excluding steroid dienone is 1. The van der Waals surface area contributed by atoms with Crippen LogP contribution in [-0.4, -0.2) is 11.7 Å². The molecule has 0 bridgehead atoms. The second kappa shape index (κ2) is 6.22. The molecule has 1 rings (SSSR count). The number of benzene rings is 1. The second-order valence-electron chi connectivity index (χ2n) is 3.27. The number of unbranched alkanes of at least 4 members (excludes halogenated alkanes) is 1. The van der Waals surface area contributed by atoms with Gasteiger partial charge in [0.1, 0.15) is 5.75 Å². The van der Waals surface area contributed by atoms with Gasteiger partial charge in [-0.1, -0.05) is 18.2 Å². The van der Waals surface area contributed by atoms with E-state index < -0.39 is 0 Å². The summed E-state index contributed by atoms with van der Waals surface area (Å²) in [6.07, 6.45) is 4.12. The standard InChI is InChI=1S/C12H17NO/c1-2-3-4-9-13-10-11-5-7-12(14)8-6-11/h2,5-8,13-14H,1,3-4,9-10H2. The van der Waals surface area contributed by atoms with Gasteiger partial charge in [-0.3, -0.25) is 0 Å². The predicted octanol–water partition coefficient (Wildman–Crippen LogP) is 2.45. The lowest BCUT2D eigenvalue weighted by Crippen LogP contribution is -2.14. The molecule has 0 aliphatic carbocycles. The zero-order chi connectivity index (χ0) is 10.2. The Kier molecular flexibility index (Phi) is 4.79. The van der Waals surface area contributed by atoms with Crippen molar-refractivity contribution >= 4 is 0 Å². The topological polar surface area (TPSA) is 32.3 Å². The van der Waals surface area contributed by atoms with Crippen molar-refractivity contribution in [1.29, 1.82) is 0 Å². The van der Waals surface area contributed by atoms with E-state index in [4.69, 9.17) is 5.11 Å². The number of aromatic hydroxyl groups is 1. The van der Waals surface area contributed by atoms with Gasteiger partial charge < -0.3 is 10.4 Å². The van der Waals surface area contributed by atoms with Gasteiger partial charge in [0, 0.05) is 6.54 Å². The summed E-state index contributed by atoms with van der Waals surface area (Å²) in [7, 11) is 0. The van der Waals surface area contributed by atoms with E-state index >= 15 is 0 Å². The summed E-state index contributed by atoms with van der Waals surface area (Å²) in [6, 6.07) is 7.27. The van der Waals surface area contributed by atoms with Crippen molar-refractivity contribution in [1.82, 2.24) is 5.32 Å². The van der Waals surface area contributed by atoms with Gasteiger partial charge >= 0.3 is 0 Å². The maximum Gasteiger partial charge on any atom is 0.115 e. The molecule has 0 unspecified atom stereocenters. The average molecular weight is 191 g/mol.